The van der Waals surface area contributed by atoms with Gasteiger partial charge in [-0.25, -0.2) is 9.78 Å². The van der Waals surface area contributed by atoms with E-state index in [1.165, 1.54) is 0 Å². The van der Waals surface area contributed by atoms with E-state index < -0.39 is 11.5 Å². The van der Waals surface area contributed by atoms with Gasteiger partial charge >= 0.3 is 5.97 Å². The zero-order chi connectivity index (χ0) is 24.1. The molecule has 0 saturated carbocycles. The van der Waals surface area contributed by atoms with Crippen molar-refractivity contribution < 1.29 is 14.7 Å². The van der Waals surface area contributed by atoms with E-state index in [1.807, 2.05) is 24.4 Å². The molecule has 0 amide bonds. The van der Waals surface area contributed by atoms with Crippen molar-refractivity contribution >= 4 is 17.6 Å². The van der Waals surface area contributed by atoms with Gasteiger partial charge in [0.15, 0.2) is 5.71 Å². The standard InChI is InChI=1S/C28H26N4O3/c33-26(34)25-20-24(35-31-25)16-17-29-27-30-18-19-32(27)28(21-10-4-1-5-11-21,22-12-6-2-7-13-22)23-14-8-3-9-15-23/h1-15,18-19,24H,16-17,20H2,(H,29,30)(H,33,34). The maximum Gasteiger partial charge on any atom is 0.353 e. The Labute approximate surface area is 203 Å². The Balaban J connectivity index is 1.53. The van der Waals surface area contributed by atoms with E-state index >= 15 is 0 Å². The van der Waals surface area contributed by atoms with Gasteiger partial charge in [-0.3, -0.25) is 4.57 Å². The van der Waals surface area contributed by atoms with Crippen LogP contribution in [0.2, 0.25) is 0 Å². The third-order valence-electron chi connectivity index (χ3n) is 6.31. The van der Waals surface area contributed by atoms with Crippen LogP contribution in [0.5, 0.6) is 0 Å². The van der Waals surface area contributed by atoms with E-state index in [9.17, 15) is 4.79 Å². The summed E-state index contributed by atoms with van der Waals surface area (Å²) < 4.78 is 2.17. The molecular formula is C28H26N4O3. The second-order valence-electron chi connectivity index (χ2n) is 8.42. The second kappa shape index (κ2) is 9.85. The minimum atomic E-state index is -1.03. The molecule has 7 nitrogen and oxygen atoms in total. The highest BCUT2D eigenvalue weighted by Gasteiger charge is 2.39. The fraction of sp³-hybridized carbons (Fsp3) is 0.179. The number of carboxylic acid groups (broad SMARTS) is 1. The molecule has 0 spiro atoms. The number of nitrogens with zero attached hydrogens (tertiary/aromatic N) is 3. The number of aliphatic carboxylic acids is 1. The van der Waals surface area contributed by atoms with Crippen LogP contribution < -0.4 is 5.32 Å². The van der Waals surface area contributed by atoms with Gasteiger partial charge in [-0.15, -0.1) is 0 Å². The SMILES string of the molecule is O=C(O)C1=NOC(CCNc2nccn2C(c2ccccc2)(c2ccccc2)c2ccccc2)C1. The molecule has 0 radical (unpaired) electrons. The first-order chi connectivity index (χ1) is 17.2. The van der Waals surface area contributed by atoms with Crippen molar-refractivity contribution in [2.45, 2.75) is 24.5 Å². The first-order valence-electron chi connectivity index (χ1n) is 11.6. The summed E-state index contributed by atoms with van der Waals surface area (Å²) in [6.45, 7) is 0.554. The molecule has 3 aromatic carbocycles. The highest BCUT2D eigenvalue weighted by molar-refractivity contribution is 6.35. The van der Waals surface area contributed by atoms with Gasteiger partial charge in [0.25, 0.3) is 0 Å². The number of benzene rings is 3. The molecule has 1 aliphatic rings. The van der Waals surface area contributed by atoms with E-state index in [2.05, 4.69) is 92.8 Å². The van der Waals surface area contributed by atoms with Crippen LogP contribution in [-0.2, 0) is 15.2 Å². The summed E-state index contributed by atoms with van der Waals surface area (Å²) in [6, 6.07) is 31.2. The van der Waals surface area contributed by atoms with Gasteiger partial charge in [-0.2, -0.15) is 0 Å². The summed E-state index contributed by atoms with van der Waals surface area (Å²) in [7, 11) is 0. The summed E-state index contributed by atoms with van der Waals surface area (Å²) in [5, 5.41) is 16.2. The third-order valence-corrected chi connectivity index (χ3v) is 6.31. The molecule has 1 aliphatic heterocycles. The number of imidazole rings is 1. The number of anilines is 1. The molecule has 176 valence electrons. The van der Waals surface area contributed by atoms with Crippen LogP contribution in [0.15, 0.2) is 109 Å². The number of oxime groups is 1. The number of nitrogens with one attached hydrogen (secondary N) is 1. The van der Waals surface area contributed by atoms with Crippen molar-refractivity contribution in [1.29, 1.82) is 0 Å². The maximum atomic E-state index is 11.1. The van der Waals surface area contributed by atoms with Crippen molar-refractivity contribution in [2.24, 2.45) is 5.16 Å². The average Bonchev–Trinajstić information content (AvgIpc) is 3.57. The first-order valence-corrected chi connectivity index (χ1v) is 11.6. The molecule has 2 N–H and O–H groups in total. The quantitative estimate of drug-likeness (QED) is 0.348. The molecule has 4 aromatic rings. The number of rotatable bonds is 9. The van der Waals surface area contributed by atoms with Gasteiger partial charge in [-0.05, 0) is 16.7 Å². The van der Waals surface area contributed by atoms with E-state index in [0.29, 0.717) is 25.3 Å². The predicted molar refractivity (Wildman–Crippen MR) is 135 cm³/mol. The van der Waals surface area contributed by atoms with Crippen LogP contribution in [0.25, 0.3) is 0 Å². The largest absolute Gasteiger partial charge is 0.477 e. The molecule has 0 saturated heterocycles. The van der Waals surface area contributed by atoms with Gasteiger partial charge < -0.3 is 15.3 Å². The van der Waals surface area contributed by atoms with Crippen molar-refractivity contribution in [3.63, 3.8) is 0 Å². The lowest BCUT2D eigenvalue weighted by Crippen LogP contribution is -2.38. The molecule has 2 heterocycles. The Bertz CT molecular complexity index is 1210. The van der Waals surface area contributed by atoms with Crippen LogP contribution in [0.3, 0.4) is 0 Å². The summed E-state index contributed by atoms with van der Waals surface area (Å²) in [4.78, 5) is 21.1. The summed E-state index contributed by atoms with van der Waals surface area (Å²) in [6.07, 6.45) is 4.42. The smallest absolute Gasteiger partial charge is 0.353 e. The number of aromatic nitrogens is 2. The monoisotopic (exact) mass is 466 g/mol. The van der Waals surface area contributed by atoms with Gasteiger partial charge in [0.2, 0.25) is 5.95 Å². The lowest BCUT2D eigenvalue weighted by Gasteiger charge is -2.38. The minimum absolute atomic E-state index is 0.0627. The van der Waals surface area contributed by atoms with Crippen LogP contribution in [0, 0.1) is 0 Å². The van der Waals surface area contributed by atoms with Crippen molar-refractivity contribution in [3.8, 4) is 0 Å². The molecular weight excluding hydrogens is 440 g/mol. The summed E-state index contributed by atoms with van der Waals surface area (Å²) in [5.41, 5.74) is 2.73. The van der Waals surface area contributed by atoms with Gasteiger partial charge in [0.05, 0.1) is 0 Å². The molecule has 1 aromatic heterocycles. The molecule has 5 rings (SSSR count). The molecule has 1 atom stereocenters. The zero-order valence-corrected chi connectivity index (χ0v) is 19.1. The summed E-state index contributed by atoms with van der Waals surface area (Å²) in [5.74, 6) is -0.326. The van der Waals surface area contributed by atoms with E-state index in [1.54, 1.807) is 6.20 Å². The minimum Gasteiger partial charge on any atom is -0.477 e. The van der Waals surface area contributed by atoms with E-state index in [-0.39, 0.29) is 11.8 Å². The van der Waals surface area contributed by atoms with Crippen molar-refractivity contribution in [1.82, 2.24) is 9.55 Å². The van der Waals surface area contributed by atoms with E-state index in [4.69, 9.17) is 9.94 Å². The number of hydrogen-bond donors (Lipinski definition) is 2. The average molecular weight is 467 g/mol. The Morgan fingerprint density at radius 3 is 1.97 bits per heavy atom. The lowest BCUT2D eigenvalue weighted by molar-refractivity contribution is -0.129. The highest BCUT2D eigenvalue weighted by atomic mass is 16.6. The Kier molecular flexibility index (Phi) is 6.30. The Morgan fingerprint density at radius 2 is 1.49 bits per heavy atom. The maximum absolute atomic E-state index is 11.1. The molecule has 35 heavy (non-hydrogen) atoms. The van der Waals surface area contributed by atoms with Crippen LogP contribution >= 0.6 is 0 Å². The number of carboxylic acids is 1. The van der Waals surface area contributed by atoms with Crippen LogP contribution in [0.1, 0.15) is 29.5 Å². The molecule has 1 unspecified atom stereocenters. The predicted octanol–water partition coefficient (Wildman–Crippen LogP) is 4.75. The number of hydrogen-bond acceptors (Lipinski definition) is 5. The van der Waals surface area contributed by atoms with Gasteiger partial charge in [-0.1, -0.05) is 96.2 Å². The zero-order valence-electron chi connectivity index (χ0n) is 19.1. The van der Waals surface area contributed by atoms with E-state index in [0.717, 1.165) is 16.7 Å². The second-order valence-corrected chi connectivity index (χ2v) is 8.42. The van der Waals surface area contributed by atoms with Gasteiger partial charge in [0, 0.05) is 31.8 Å². The normalized spacial score (nSPS) is 15.3. The fourth-order valence-electron chi connectivity index (χ4n) is 4.71. The highest BCUT2D eigenvalue weighted by Crippen LogP contribution is 2.42. The van der Waals surface area contributed by atoms with Crippen LogP contribution in [-0.4, -0.2) is 39.0 Å². The van der Waals surface area contributed by atoms with Crippen molar-refractivity contribution in [2.75, 3.05) is 11.9 Å². The Morgan fingerprint density at radius 1 is 0.943 bits per heavy atom. The number of carbonyl (C=O) groups is 1. The third kappa shape index (κ3) is 4.28. The van der Waals surface area contributed by atoms with Gasteiger partial charge in [0.1, 0.15) is 11.6 Å². The Hall–Kier alpha value is -4.39. The molecule has 0 aliphatic carbocycles. The lowest BCUT2D eigenvalue weighted by atomic mass is 9.76. The van der Waals surface area contributed by atoms with Crippen LogP contribution in [0.4, 0.5) is 5.95 Å². The molecule has 0 fully saturated rings. The fourth-order valence-corrected chi connectivity index (χ4v) is 4.71. The molecule has 7 heteroatoms. The first kappa shape index (κ1) is 22.4. The summed E-state index contributed by atoms with van der Waals surface area (Å²) >= 11 is 0. The molecule has 0 bridgehead atoms. The topological polar surface area (TPSA) is 88.7 Å². The van der Waals surface area contributed by atoms with Crippen molar-refractivity contribution in [3.05, 3.63) is 120 Å².